The maximum absolute atomic E-state index is 13.9. The van der Waals surface area contributed by atoms with Crippen molar-refractivity contribution in [2.45, 2.75) is 76.0 Å². The highest BCUT2D eigenvalue weighted by Crippen LogP contribution is 2.21. The molecule has 2 N–H and O–H groups in total. The van der Waals surface area contributed by atoms with Crippen LogP contribution < -0.4 is 5.32 Å². The third kappa shape index (κ3) is 6.75. The maximum Gasteiger partial charge on any atom is 0.329 e. The number of likely N-dealkylation sites (tertiary alicyclic amines) is 1. The Labute approximate surface area is 181 Å². The minimum Gasteiger partial charge on any atom is -0.454 e. The number of carbonyl (C=O) groups excluding carboxylic acids is 3. The predicted octanol–water partition coefficient (Wildman–Crippen LogP) is 2.10. The Morgan fingerprint density at radius 1 is 1.10 bits per heavy atom. The average molecular weight is 435 g/mol. The number of β-amino-alcohol motifs (C(OH)–C–C–N with tert-alkyl or cyclic N) is 1. The Bertz CT molecular complexity index is 779. The van der Waals surface area contributed by atoms with Gasteiger partial charge in [0.2, 0.25) is 5.91 Å². The highest BCUT2D eigenvalue weighted by atomic mass is 19.1. The zero-order chi connectivity index (χ0) is 22.2. The van der Waals surface area contributed by atoms with Gasteiger partial charge in [0, 0.05) is 19.0 Å². The summed E-state index contributed by atoms with van der Waals surface area (Å²) >= 11 is 0. The fourth-order valence-corrected chi connectivity index (χ4v) is 4.32. The van der Waals surface area contributed by atoms with E-state index in [1.807, 2.05) is 0 Å². The summed E-state index contributed by atoms with van der Waals surface area (Å²) in [6.45, 7) is -0.446. The molecule has 8 heteroatoms. The minimum absolute atomic E-state index is 0.0265. The van der Waals surface area contributed by atoms with Crippen molar-refractivity contribution in [3.8, 4) is 0 Å². The molecule has 2 atom stereocenters. The van der Waals surface area contributed by atoms with Crippen LogP contribution in [0.5, 0.6) is 0 Å². The van der Waals surface area contributed by atoms with Gasteiger partial charge >= 0.3 is 5.97 Å². The van der Waals surface area contributed by atoms with Crippen molar-refractivity contribution >= 4 is 17.8 Å². The second kappa shape index (κ2) is 11.2. The van der Waals surface area contributed by atoms with Gasteiger partial charge in [-0.15, -0.1) is 0 Å². The summed E-state index contributed by atoms with van der Waals surface area (Å²) in [5, 5.41) is 12.9. The SMILES string of the molecule is O=C(COC(=O)C1CC(O)CN1C(=O)Cc1ccccc1F)NC1CCCCCCC1. The van der Waals surface area contributed by atoms with Gasteiger partial charge in [-0.1, -0.05) is 50.3 Å². The molecule has 0 bridgehead atoms. The van der Waals surface area contributed by atoms with Gasteiger partial charge < -0.3 is 20.1 Å². The minimum atomic E-state index is -0.983. The van der Waals surface area contributed by atoms with Crippen molar-refractivity contribution in [1.29, 1.82) is 0 Å². The zero-order valence-electron chi connectivity index (χ0n) is 17.7. The van der Waals surface area contributed by atoms with Crippen LogP contribution in [0.25, 0.3) is 0 Å². The smallest absolute Gasteiger partial charge is 0.329 e. The van der Waals surface area contributed by atoms with Crippen molar-refractivity contribution in [1.82, 2.24) is 10.2 Å². The topological polar surface area (TPSA) is 95.9 Å². The summed E-state index contributed by atoms with van der Waals surface area (Å²) in [6.07, 6.45) is 6.51. The molecule has 2 fully saturated rings. The third-order valence-corrected chi connectivity index (χ3v) is 5.99. The molecule has 1 heterocycles. The monoisotopic (exact) mass is 434 g/mol. The number of halogens is 1. The standard InChI is InChI=1S/C23H31FN2O5/c24-19-11-7-6-8-16(19)12-22(29)26-14-18(27)13-20(26)23(30)31-15-21(28)25-17-9-4-2-1-3-5-10-17/h6-8,11,17-18,20,27H,1-5,9-10,12-15H2,(H,25,28). The summed E-state index contributed by atoms with van der Waals surface area (Å²) in [5.74, 6) is -2.06. The Morgan fingerprint density at radius 3 is 2.48 bits per heavy atom. The molecule has 0 spiro atoms. The van der Waals surface area contributed by atoms with Gasteiger partial charge in [-0.05, 0) is 24.5 Å². The van der Waals surface area contributed by atoms with E-state index in [-0.39, 0.29) is 36.9 Å². The number of hydrogen-bond acceptors (Lipinski definition) is 5. The summed E-state index contributed by atoms with van der Waals surface area (Å²) in [4.78, 5) is 38.6. The van der Waals surface area contributed by atoms with E-state index in [2.05, 4.69) is 5.32 Å². The molecule has 1 aliphatic carbocycles. The van der Waals surface area contributed by atoms with Gasteiger partial charge in [-0.2, -0.15) is 0 Å². The van der Waals surface area contributed by atoms with E-state index in [1.54, 1.807) is 6.07 Å². The van der Waals surface area contributed by atoms with Crippen LogP contribution in [0.3, 0.4) is 0 Å². The number of nitrogens with one attached hydrogen (secondary N) is 1. The van der Waals surface area contributed by atoms with Crippen molar-refractivity contribution in [2.75, 3.05) is 13.2 Å². The van der Waals surface area contributed by atoms with Gasteiger partial charge in [0.15, 0.2) is 6.61 Å². The molecule has 1 aromatic carbocycles. The first-order valence-corrected chi connectivity index (χ1v) is 11.1. The van der Waals surface area contributed by atoms with Gasteiger partial charge in [-0.3, -0.25) is 9.59 Å². The molecule has 31 heavy (non-hydrogen) atoms. The van der Waals surface area contributed by atoms with Crippen LogP contribution in [0.1, 0.15) is 56.9 Å². The molecular formula is C23H31FN2O5. The third-order valence-electron chi connectivity index (χ3n) is 5.99. The van der Waals surface area contributed by atoms with Gasteiger partial charge in [0.1, 0.15) is 11.9 Å². The lowest BCUT2D eigenvalue weighted by Gasteiger charge is -2.24. The molecule has 170 valence electrons. The normalized spacial score (nSPS) is 22.5. The molecule has 2 aliphatic rings. The summed E-state index contributed by atoms with van der Waals surface area (Å²) < 4.78 is 19.0. The fourth-order valence-electron chi connectivity index (χ4n) is 4.32. The van der Waals surface area contributed by atoms with Gasteiger partial charge in [-0.25, -0.2) is 9.18 Å². The number of ether oxygens (including phenoxy) is 1. The second-order valence-corrected chi connectivity index (χ2v) is 8.44. The molecule has 2 amide bonds. The number of carbonyl (C=O) groups is 3. The largest absolute Gasteiger partial charge is 0.454 e. The number of benzene rings is 1. The van der Waals surface area contributed by atoms with E-state index >= 15 is 0 Å². The molecule has 0 aromatic heterocycles. The van der Waals surface area contributed by atoms with Crippen LogP contribution in [-0.4, -0.2) is 59.1 Å². The molecule has 3 rings (SSSR count). The summed E-state index contributed by atoms with van der Waals surface area (Å²) in [5.41, 5.74) is 0.222. The van der Waals surface area contributed by atoms with E-state index in [0.717, 1.165) is 25.7 Å². The number of hydrogen-bond donors (Lipinski definition) is 2. The highest BCUT2D eigenvalue weighted by molar-refractivity contribution is 5.88. The number of esters is 1. The molecule has 1 aliphatic heterocycles. The van der Waals surface area contributed by atoms with E-state index in [4.69, 9.17) is 4.74 Å². The van der Waals surface area contributed by atoms with Crippen LogP contribution in [-0.2, 0) is 25.5 Å². The van der Waals surface area contributed by atoms with Crippen LogP contribution >= 0.6 is 0 Å². The van der Waals surface area contributed by atoms with Crippen LogP contribution in [0, 0.1) is 5.82 Å². The Morgan fingerprint density at radius 2 is 1.77 bits per heavy atom. The lowest BCUT2D eigenvalue weighted by molar-refractivity contribution is -0.156. The lowest BCUT2D eigenvalue weighted by atomic mass is 9.97. The summed E-state index contributed by atoms with van der Waals surface area (Å²) in [7, 11) is 0. The van der Waals surface area contributed by atoms with Crippen LogP contribution in [0.15, 0.2) is 24.3 Å². The lowest BCUT2D eigenvalue weighted by Crippen LogP contribution is -2.44. The first-order chi connectivity index (χ1) is 14.9. The van der Waals surface area contributed by atoms with E-state index < -0.39 is 36.4 Å². The van der Waals surface area contributed by atoms with Crippen LogP contribution in [0.2, 0.25) is 0 Å². The zero-order valence-corrected chi connectivity index (χ0v) is 17.7. The first kappa shape index (κ1) is 23.2. The number of rotatable bonds is 6. The highest BCUT2D eigenvalue weighted by Gasteiger charge is 2.40. The Hall–Kier alpha value is -2.48. The number of nitrogens with zero attached hydrogens (tertiary/aromatic N) is 1. The molecule has 1 saturated carbocycles. The Balaban J connectivity index is 1.51. The first-order valence-electron chi connectivity index (χ1n) is 11.1. The van der Waals surface area contributed by atoms with E-state index in [9.17, 15) is 23.9 Å². The van der Waals surface area contributed by atoms with Crippen molar-refractivity contribution in [2.24, 2.45) is 0 Å². The maximum atomic E-state index is 13.9. The predicted molar refractivity (Wildman–Crippen MR) is 111 cm³/mol. The second-order valence-electron chi connectivity index (χ2n) is 8.44. The fraction of sp³-hybridized carbons (Fsp3) is 0.609. The summed E-state index contributed by atoms with van der Waals surface area (Å²) in [6, 6.07) is 5.05. The molecular weight excluding hydrogens is 403 g/mol. The van der Waals surface area contributed by atoms with E-state index in [0.29, 0.717) is 0 Å². The molecule has 7 nitrogen and oxygen atoms in total. The van der Waals surface area contributed by atoms with Crippen molar-refractivity contribution in [3.05, 3.63) is 35.6 Å². The number of amides is 2. The molecule has 1 aromatic rings. The van der Waals surface area contributed by atoms with Gasteiger partial charge in [0.25, 0.3) is 5.91 Å². The van der Waals surface area contributed by atoms with Crippen molar-refractivity contribution in [3.63, 3.8) is 0 Å². The van der Waals surface area contributed by atoms with Crippen LogP contribution in [0.4, 0.5) is 4.39 Å². The van der Waals surface area contributed by atoms with E-state index in [1.165, 1.54) is 42.4 Å². The number of aliphatic hydroxyl groups is 1. The quantitative estimate of drug-likeness (QED) is 0.669. The molecule has 1 saturated heterocycles. The molecule has 2 unspecified atom stereocenters. The molecule has 0 radical (unpaired) electrons. The Kier molecular flexibility index (Phi) is 8.40. The number of aliphatic hydroxyl groups excluding tert-OH is 1. The average Bonchev–Trinajstić information content (AvgIpc) is 3.12. The van der Waals surface area contributed by atoms with Crippen molar-refractivity contribution < 1.29 is 28.6 Å². The van der Waals surface area contributed by atoms with Gasteiger partial charge in [0.05, 0.1) is 12.5 Å².